The van der Waals surface area contributed by atoms with Crippen molar-refractivity contribution in [1.82, 2.24) is 0 Å². The van der Waals surface area contributed by atoms with Crippen LogP contribution in [0.1, 0.15) is 201 Å². The smallest absolute Gasteiger partial charge is 0.399 e. The third-order valence-corrected chi connectivity index (χ3v) is 20.3. The second-order valence-corrected chi connectivity index (χ2v) is 31.4. The number of carbonyl (C=O) groups is 4. The summed E-state index contributed by atoms with van der Waals surface area (Å²) in [7, 11) is -0.565. The molecule has 0 amide bonds. The monoisotopic (exact) mass is 1640 g/mol. The van der Waals surface area contributed by atoms with E-state index >= 15 is 0 Å². The Morgan fingerprint density at radius 3 is 0.779 bits per heavy atom. The van der Waals surface area contributed by atoms with E-state index in [2.05, 4.69) is 232 Å². The molecule has 0 atom stereocenters. The lowest BCUT2D eigenvalue weighted by Crippen LogP contribution is -2.41. The fourth-order valence-corrected chi connectivity index (χ4v) is 11.7. The highest BCUT2D eigenvalue weighted by molar-refractivity contribution is 9.11. The van der Waals surface area contributed by atoms with Crippen LogP contribution < -0.4 is 10.9 Å². The Balaban J connectivity index is 0.000000238. The van der Waals surface area contributed by atoms with Gasteiger partial charge in [0.15, 0.2) is 11.6 Å². The normalized spacial score (nSPS) is 14.6. The molecule has 2 aliphatic heterocycles. The molecule has 7 aromatic rings. The predicted molar refractivity (Wildman–Crippen MR) is 414 cm³/mol. The average Bonchev–Trinajstić information content (AvgIpc) is 1.64. The van der Waals surface area contributed by atoms with Crippen molar-refractivity contribution < 1.29 is 37.8 Å². The molecular formula is C78H93B2Br5Cl2O8. The maximum absolute atomic E-state index is 12.0. The highest BCUT2D eigenvalue weighted by Crippen LogP contribution is 2.38. The van der Waals surface area contributed by atoms with E-state index in [1.54, 1.807) is 0 Å². The predicted octanol–water partition coefficient (Wildman–Crippen LogP) is 22.6. The van der Waals surface area contributed by atoms with Crippen LogP contribution in [0.15, 0.2) is 198 Å². The summed E-state index contributed by atoms with van der Waals surface area (Å²) in [5.41, 5.74) is 8.10. The number of ketones is 2. The first kappa shape index (κ1) is 81.8. The van der Waals surface area contributed by atoms with Gasteiger partial charge in [-0.1, -0.05) is 221 Å². The van der Waals surface area contributed by atoms with Crippen molar-refractivity contribution in [3.8, 4) is 0 Å². The van der Waals surface area contributed by atoms with E-state index in [4.69, 9.17) is 41.8 Å². The van der Waals surface area contributed by atoms with E-state index < -0.39 is 0 Å². The molecule has 9 rings (SSSR count). The molecule has 0 saturated carbocycles. The van der Waals surface area contributed by atoms with Crippen molar-refractivity contribution in [2.75, 3.05) is 0 Å². The molecule has 0 bridgehead atoms. The van der Waals surface area contributed by atoms with Crippen LogP contribution in [0, 0.1) is 0 Å². The molecule has 2 aliphatic rings. The number of aryl methyl sites for hydroxylation is 4. The standard InChI is InChI=1S/C30H44B2O4.C18H16Br2O2.C18H20Br2.C6H5Br.C6H8Cl2O2/c1-27(2)28(3,4)34-31(33-27)25-19-15-23(16-20-25)13-11-9-10-12-14-24-17-21-26(22-18-24)32-35-29(5,6)30(7,8)36-32;19-15-9-5-13(6-10-15)17(21)3-1-2-4-18(22)14-7-11-16(20)12-8-14;19-17-11-7-15(8-12-17)5-3-1-2-4-6-16-9-13-18(20)14-10-16;7-6-4-2-1-3-5-6;7-5(9)3-1-2-4-6(8)10/h15-22H,9-14H2,1-8H3;5-12H,1-4H2;7-14H,1-6H2;1-5H;1-4H2. The minimum Gasteiger partial charge on any atom is -0.399 e. The second kappa shape index (κ2) is 42.3. The molecule has 8 nitrogen and oxygen atoms in total. The van der Waals surface area contributed by atoms with E-state index in [0.717, 1.165) is 70.1 Å². The topological polar surface area (TPSA) is 105 Å². The number of benzene rings is 7. The minimum atomic E-state index is -0.359. The number of hydrogen-bond acceptors (Lipinski definition) is 8. The van der Waals surface area contributed by atoms with Gasteiger partial charge in [-0.15, -0.1) is 0 Å². The van der Waals surface area contributed by atoms with Gasteiger partial charge in [-0.2, -0.15) is 0 Å². The zero-order valence-corrected chi connectivity index (χ0v) is 65.9. The Bertz CT molecular complexity index is 3150. The number of carbonyl (C=O) groups excluding carboxylic acids is 4. The Labute approximate surface area is 620 Å². The SMILES string of the molecule is Brc1ccc(CCCCCCc2ccc(Br)cc2)cc1.Brc1ccccc1.CC1(C)OB(c2ccc(CCCCCCc3ccc(B4OC(C)(C)C(C)(C)O4)cc3)cc2)OC1(C)C.O=C(CCCCC(=O)c1ccc(Br)cc1)c1ccc(Br)cc1.O=C(Cl)CCCCC(=O)Cl. The molecular weight excluding hydrogens is 1560 g/mol. The number of unbranched alkanes of at least 4 members (excludes halogenated alkanes) is 8. The van der Waals surface area contributed by atoms with Gasteiger partial charge in [-0.05, 0) is 249 Å². The molecule has 0 radical (unpaired) electrons. The molecule has 17 heteroatoms. The summed E-state index contributed by atoms with van der Waals surface area (Å²) >= 11 is 27.0. The van der Waals surface area contributed by atoms with Crippen molar-refractivity contribution in [2.24, 2.45) is 0 Å². The zero-order valence-electron chi connectivity index (χ0n) is 56.5. The van der Waals surface area contributed by atoms with Gasteiger partial charge in [0.1, 0.15) is 0 Å². The number of Topliss-reactive ketones (excluding diaryl/α,β-unsaturated/α-hetero) is 2. The largest absolute Gasteiger partial charge is 0.494 e. The molecule has 0 aromatic heterocycles. The third-order valence-electron chi connectivity index (χ3n) is 17.3. The summed E-state index contributed by atoms with van der Waals surface area (Å²) < 4.78 is 30.0. The molecule has 95 heavy (non-hydrogen) atoms. The van der Waals surface area contributed by atoms with Crippen LogP contribution in [-0.2, 0) is 53.9 Å². The van der Waals surface area contributed by atoms with E-state index in [0.29, 0.717) is 38.5 Å². The van der Waals surface area contributed by atoms with Crippen LogP contribution in [0.2, 0.25) is 0 Å². The van der Waals surface area contributed by atoms with Crippen LogP contribution >= 0.6 is 103 Å². The summed E-state index contributed by atoms with van der Waals surface area (Å²) in [5.74, 6) is 0.257. The van der Waals surface area contributed by atoms with Gasteiger partial charge in [-0.3, -0.25) is 19.2 Å². The first-order valence-corrected chi connectivity index (χ1v) is 37.9. The molecule has 0 N–H and O–H groups in total. The third kappa shape index (κ3) is 31.1. The van der Waals surface area contributed by atoms with Crippen LogP contribution in [0.3, 0.4) is 0 Å². The maximum atomic E-state index is 12.0. The quantitative estimate of drug-likeness (QED) is 0.0207. The van der Waals surface area contributed by atoms with E-state index in [-0.39, 0.29) is 58.7 Å². The molecule has 2 heterocycles. The Morgan fingerprint density at radius 1 is 0.305 bits per heavy atom. The van der Waals surface area contributed by atoms with Gasteiger partial charge in [0.2, 0.25) is 10.5 Å². The minimum absolute atomic E-state index is 0.128. The van der Waals surface area contributed by atoms with Crippen LogP contribution in [0.5, 0.6) is 0 Å². The summed E-state index contributed by atoms with van der Waals surface area (Å²) in [4.78, 5) is 44.3. The lowest BCUT2D eigenvalue weighted by Gasteiger charge is -2.32. The number of hydrogen-bond donors (Lipinski definition) is 0. The van der Waals surface area contributed by atoms with E-state index in [9.17, 15) is 19.2 Å². The van der Waals surface area contributed by atoms with E-state index in [1.807, 2.05) is 78.9 Å². The summed E-state index contributed by atoms with van der Waals surface area (Å²) in [6.07, 6.45) is 19.2. The Hall–Kier alpha value is -3.83. The van der Waals surface area contributed by atoms with Crippen LogP contribution in [0.25, 0.3) is 0 Å². The van der Waals surface area contributed by atoms with Gasteiger partial charge in [0, 0.05) is 59.2 Å². The molecule has 508 valence electrons. The van der Waals surface area contributed by atoms with Gasteiger partial charge < -0.3 is 18.6 Å². The molecule has 0 aliphatic carbocycles. The highest BCUT2D eigenvalue weighted by atomic mass is 79.9. The zero-order chi connectivity index (χ0) is 69.4. The van der Waals surface area contributed by atoms with Gasteiger partial charge in [-0.25, -0.2) is 0 Å². The lowest BCUT2D eigenvalue weighted by atomic mass is 9.78. The number of rotatable bonds is 28. The summed E-state index contributed by atoms with van der Waals surface area (Å²) in [6.45, 7) is 16.8. The summed E-state index contributed by atoms with van der Waals surface area (Å²) in [6, 6.07) is 59.6. The van der Waals surface area contributed by atoms with Gasteiger partial charge >= 0.3 is 14.2 Å². The van der Waals surface area contributed by atoms with Gasteiger partial charge in [0.25, 0.3) is 0 Å². The van der Waals surface area contributed by atoms with E-state index in [1.165, 1.54) is 86.5 Å². The van der Waals surface area contributed by atoms with Crippen molar-refractivity contribution in [2.45, 2.75) is 206 Å². The average molecular weight is 1650 g/mol. The fraction of sp³-hybridized carbons (Fsp3) is 0.410. The molecule has 2 fully saturated rings. The van der Waals surface area contributed by atoms with Crippen LogP contribution in [0.4, 0.5) is 0 Å². The van der Waals surface area contributed by atoms with Gasteiger partial charge in [0.05, 0.1) is 22.4 Å². The van der Waals surface area contributed by atoms with Crippen LogP contribution in [-0.4, -0.2) is 58.7 Å². The molecule has 7 aromatic carbocycles. The molecule has 2 saturated heterocycles. The molecule has 0 spiro atoms. The fourth-order valence-electron chi connectivity index (χ4n) is 10.0. The van der Waals surface area contributed by atoms with Crippen molar-refractivity contribution in [3.05, 3.63) is 232 Å². The summed E-state index contributed by atoms with van der Waals surface area (Å²) in [5, 5.41) is -0.718. The second-order valence-electron chi connectivity index (χ2n) is 26.0. The molecule has 0 unspecified atom stereocenters. The van der Waals surface area contributed by atoms with Crippen molar-refractivity contribution in [3.63, 3.8) is 0 Å². The van der Waals surface area contributed by atoms with Crippen molar-refractivity contribution >= 4 is 150 Å². The number of halogens is 7. The Morgan fingerprint density at radius 2 is 0.537 bits per heavy atom. The first-order chi connectivity index (χ1) is 45.1. The highest BCUT2D eigenvalue weighted by Gasteiger charge is 2.52. The Kier molecular flexibility index (Phi) is 36.5. The first-order valence-electron chi connectivity index (χ1n) is 33.1. The maximum Gasteiger partial charge on any atom is 0.494 e. The van der Waals surface area contributed by atoms with Crippen molar-refractivity contribution in [1.29, 1.82) is 0 Å². The lowest BCUT2D eigenvalue weighted by molar-refractivity contribution is -0.113.